The summed E-state index contributed by atoms with van der Waals surface area (Å²) >= 11 is 3.39. The minimum atomic E-state index is -3.31. The Bertz CT molecular complexity index is 810. The van der Waals surface area contributed by atoms with Crippen molar-refractivity contribution < 1.29 is 12.9 Å². The predicted molar refractivity (Wildman–Crippen MR) is 84.9 cm³/mol. The highest BCUT2D eigenvalue weighted by Gasteiger charge is 2.36. The molecule has 1 heterocycles. The molecule has 1 fully saturated rings. The third-order valence-electron chi connectivity index (χ3n) is 3.96. The van der Waals surface area contributed by atoms with Crippen molar-refractivity contribution in [2.24, 2.45) is 5.73 Å². The van der Waals surface area contributed by atoms with Gasteiger partial charge in [0.05, 0.1) is 16.0 Å². The van der Waals surface area contributed by atoms with Crippen molar-refractivity contribution in [3.63, 3.8) is 0 Å². The minimum Gasteiger partial charge on any atom is -0.334 e. The van der Waals surface area contributed by atoms with Crippen molar-refractivity contribution in [1.82, 2.24) is 10.1 Å². The number of benzene rings is 1. The van der Waals surface area contributed by atoms with Gasteiger partial charge in [0.15, 0.2) is 15.7 Å². The molecule has 2 N–H and O–H groups in total. The number of sulfone groups is 1. The second-order valence-corrected chi connectivity index (χ2v) is 8.57. The van der Waals surface area contributed by atoms with Crippen molar-refractivity contribution in [1.29, 1.82) is 0 Å². The van der Waals surface area contributed by atoms with Crippen LogP contribution in [0.4, 0.5) is 0 Å². The van der Waals surface area contributed by atoms with E-state index in [-0.39, 0.29) is 10.8 Å². The lowest BCUT2D eigenvalue weighted by Gasteiger charge is -2.17. The monoisotopic (exact) mass is 385 g/mol. The molecule has 1 aromatic heterocycles. The van der Waals surface area contributed by atoms with Crippen LogP contribution in [-0.2, 0) is 15.4 Å². The molecule has 0 aliphatic heterocycles. The summed E-state index contributed by atoms with van der Waals surface area (Å²) in [5, 5.41) is 4.00. The zero-order valence-corrected chi connectivity index (χ0v) is 14.4. The molecule has 0 unspecified atom stereocenters. The van der Waals surface area contributed by atoms with Crippen LogP contribution in [-0.4, -0.2) is 24.8 Å². The zero-order valence-electron chi connectivity index (χ0n) is 12.0. The Balaban J connectivity index is 2.03. The highest BCUT2D eigenvalue weighted by molar-refractivity contribution is 9.10. The summed E-state index contributed by atoms with van der Waals surface area (Å²) in [4.78, 5) is 4.59. The maximum atomic E-state index is 11.7. The predicted octanol–water partition coefficient (Wildman–Crippen LogP) is 2.63. The molecule has 6 nitrogen and oxygen atoms in total. The second-order valence-electron chi connectivity index (χ2n) is 5.70. The van der Waals surface area contributed by atoms with Crippen LogP contribution in [0.1, 0.15) is 31.5 Å². The normalized spacial score (nSPS) is 17.8. The smallest absolute Gasteiger partial charge is 0.259 e. The molecular weight excluding hydrogens is 370 g/mol. The van der Waals surface area contributed by atoms with Crippen LogP contribution in [0.25, 0.3) is 11.5 Å². The lowest BCUT2D eigenvalue weighted by Crippen LogP contribution is -2.34. The summed E-state index contributed by atoms with van der Waals surface area (Å²) in [5.41, 5.74) is 6.32. The molecule has 0 radical (unpaired) electrons. The van der Waals surface area contributed by atoms with Gasteiger partial charge in [-0.05, 0) is 47.0 Å². The minimum absolute atomic E-state index is 0.203. The van der Waals surface area contributed by atoms with Crippen molar-refractivity contribution in [2.75, 3.05) is 6.26 Å². The fraction of sp³-hybridized carbons (Fsp3) is 0.429. The van der Waals surface area contributed by atoms with Gasteiger partial charge < -0.3 is 10.3 Å². The summed E-state index contributed by atoms with van der Waals surface area (Å²) in [6.07, 6.45) is 4.92. The van der Waals surface area contributed by atoms with Gasteiger partial charge in [-0.15, -0.1) is 0 Å². The number of hydrogen-bond acceptors (Lipinski definition) is 6. The van der Waals surface area contributed by atoms with E-state index in [1.807, 2.05) is 0 Å². The summed E-state index contributed by atoms with van der Waals surface area (Å²) < 4.78 is 29.4. The molecule has 1 aliphatic carbocycles. The number of aromatic nitrogens is 2. The van der Waals surface area contributed by atoms with Crippen LogP contribution >= 0.6 is 15.9 Å². The fourth-order valence-electron chi connectivity index (χ4n) is 2.66. The van der Waals surface area contributed by atoms with E-state index in [4.69, 9.17) is 10.3 Å². The molecule has 22 heavy (non-hydrogen) atoms. The third kappa shape index (κ3) is 2.82. The molecule has 0 atom stereocenters. The van der Waals surface area contributed by atoms with Gasteiger partial charge in [-0.25, -0.2) is 8.42 Å². The van der Waals surface area contributed by atoms with Crippen molar-refractivity contribution >= 4 is 25.8 Å². The molecule has 8 heteroatoms. The van der Waals surface area contributed by atoms with Crippen molar-refractivity contribution in [3.8, 4) is 11.5 Å². The quantitative estimate of drug-likeness (QED) is 0.871. The molecule has 118 valence electrons. The Hall–Kier alpha value is -1.25. The van der Waals surface area contributed by atoms with Crippen LogP contribution in [0, 0.1) is 0 Å². The van der Waals surface area contributed by atoms with E-state index in [2.05, 4.69) is 26.1 Å². The maximum Gasteiger partial charge on any atom is 0.259 e. The Morgan fingerprint density at radius 2 is 2.00 bits per heavy atom. The number of halogens is 1. The number of nitrogens with two attached hydrogens (primary N) is 1. The maximum absolute atomic E-state index is 11.7. The average molecular weight is 386 g/mol. The molecule has 0 amide bonds. The number of hydrogen-bond donors (Lipinski definition) is 1. The molecule has 3 rings (SSSR count). The zero-order chi connectivity index (χ0) is 16.0. The van der Waals surface area contributed by atoms with Crippen LogP contribution in [0.15, 0.2) is 32.1 Å². The molecule has 1 aromatic carbocycles. The molecule has 2 aromatic rings. The summed E-state index contributed by atoms with van der Waals surface area (Å²) in [5.74, 6) is 0.751. The van der Waals surface area contributed by atoms with Gasteiger partial charge in [-0.3, -0.25) is 0 Å². The van der Waals surface area contributed by atoms with Crippen molar-refractivity contribution in [3.05, 3.63) is 28.5 Å². The first-order valence-electron chi connectivity index (χ1n) is 6.93. The van der Waals surface area contributed by atoms with Gasteiger partial charge in [-0.2, -0.15) is 4.98 Å². The van der Waals surface area contributed by atoms with Gasteiger partial charge in [0, 0.05) is 10.7 Å². The summed E-state index contributed by atoms with van der Waals surface area (Å²) in [6, 6.07) is 4.71. The third-order valence-corrected chi connectivity index (χ3v) is 5.77. The first-order valence-corrected chi connectivity index (χ1v) is 9.61. The number of rotatable bonds is 3. The fourth-order valence-corrected chi connectivity index (χ4v) is 3.73. The van der Waals surface area contributed by atoms with Gasteiger partial charge in [-0.1, -0.05) is 18.0 Å². The van der Waals surface area contributed by atoms with Crippen LogP contribution in [0.3, 0.4) is 0 Å². The second kappa shape index (κ2) is 5.43. The van der Waals surface area contributed by atoms with E-state index >= 15 is 0 Å². The molecule has 0 saturated heterocycles. The Morgan fingerprint density at radius 1 is 1.32 bits per heavy atom. The summed E-state index contributed by atoms with van der Waals surface area (Å²) in [7, 11) is -3.31. The molecule has 0 bridgehead atoms. The Morgan fingerprint density at radius 3 is 2.64 bits per heavy atom. The van der Waals surface area contributed by atoms with E-state index in [9.17, 15) is 8.42 Å². The topological polar surface area (TPSA) is 99.1 Å². The van der Waals surface area contributed by atoms with Crippen LogP contribution in [0.2, 0.25) is 0 Å². The van der Waals surface area contributed by atoms with Gasteiger partial charge >= 0.3 is 0 Å². The van der Waals surface area contributed by atoms with Gasteiger partial charge in [0.1, 0.15) is 0 Å². The van der Waals surface area contributed by atoms with E-state index in [0.717, 1.165) is 31.9 Å². The van der Waals surface area contributed by atoms with E-state index in [0.29, 0.717) is 15.9 Å². The Labute approximate surface area is 137 Å². The van der Waals surface area contributed by atoms with Crippen molar-refractivity contribution in [2.45, 2.75) is 36.1 Å². The number of nitrogens with zero attached hydrogens (tertiary/aromatic N) is 2. The van der Waals surface area contributed by atoms with E-state index in [1.54, 1.807) is 6.07 Å². The largest absolute Gasteiger partial charge is 0.334 e. The highest BCUT2D eigenvalue weighted by Crippen LogP contribution is 2.36. The molecule has 1 saturated carbocycles. The Kier molecular flexibility index (Phi) is 3.86. The first kappa shape index (κ1) is 15.6. The van der Waals surface area contributed by atoms with Gasteiger partial charge in [0.25, 0.3) is 5.89 Å². The SMILES string of the molecule is CS(=O)(=O)c1ccc(Br)c(-c2nc(C3(N)CCCC3)no2)c1. The van der Waals surface area contributed by atoms with E-state index < -0.39 is 15.4 Å². The molecule has 1 aliphatic rings. The average Bonchev–Trinajstić information content (AvgIpc) is 3.07. The van der Waals surface area contributed by atoms with E-state index in [1.165, 1.54) is 12.1 Å². The molecular formula is C14H16BrN3O3S. The first-order chi connectivity index (χ1) is 10.3. The standard InChI is InChI=1S/C14H16BrN3O3S/c1-22(19,20)9-4-5-11(15)10(8-9)12-17-13(18-21-12)14(16)6-2-3-7-14/h4-5,8H,2-3,6-7,16H2,1H3. The molecule has 0 spiro atoms. The van der Waals surface area contributed by atoms with Crippen LogP contribution in [0.5, 0.6) is 0 Å². The lowest BCUT2D eigenvalue weighted by atomic mass is 9.99. The highest BCUT2D eigenvalue weighted by atomic mass is 79.9. The lowest BCUT2D eigenvalue weighted by molar-refractivity contribution is 0.372. The van der Waals surface area contributed by atoms with Gasteiger partial charge in [0.2, 0.25) is 0 Å². The summed E-state index contributed by atoms with van der Waals surface area (Å²) in [6.45, 7) is 0. The van der Waals surface area contributed by atoms with Crippen LogP contribution < -0.4 is 5.73 Å².